The third kappa shape index (κ3) is 2.36. The highest BCUT2D eigenvalue weighted by molar-refractivity contribution is 7.10. The summed E-state index contributed by atoms with van der Waals surface area (Å²) < 4.78 is 0. The lowest BCUT2D eigenvalue weighted by atomic mass is 9.95. The van der Waals surface area contributed by atoms with Crippen LogP contribution in [0, 0.1) is 0 Å². The summed E-state index contributed by atoms with van der Waals surface area (Å²) in [6.07, 6.45) is 2.51. The summed E-state index contributed by atoms with van der Waals surface area (Å²) in [4.78, 5) is 4.01. The lowest BCUT2D eigenvalue weighted by Crippen LogP contribution is -2.32. The van der Waals surface area contributed by atoms with Crippen molar-refractivity contribution in [3.05, 3.63) is 46.7 Å². The minimum absolute atomic E-state index is 0.759. The van der Waals surface area contributed by atoms with E-state index in [1.54, 1.807) is 4.88 Å². The Morgan fingerprint density at radius 2 is 1.78 bits per heavy atom. The zero-order valence-corrected chi connectivity index (χ0v) is 11.2. The first-order valence-electron chi connectivity index (χ1n) is 6.47. The molecule has 0 spiro atoms. The molecule has 1 fully saturated rings. The van der Waals surface area contributed by atoms with Gasteiger partial charge in [0.15, 0.2) is 0 Å². The largest absolute Gasteiger partial charge is 0.399 e. The Hall–Kier alpha value is -1.48. The predicted molar refractivity (Wildman–Crippen MR) is 79.4 cm³/mol. The van der Waals surface area contributed by atoms with Crippen LogP contribution in [0.15, 0.2) is 41.8 Å². The second-order valence-electron chi connectivity index (χ2n) is 4.87. The number of nitrogens with zero attached hydrogens (tertiary/aromatic N) is 1. The molecule has 1 aromatic carbocycles. The molecule has 1 aliphatic heterocycles. The summed E-state index contributed by atoms with van der Waals surface area (Å²) in [5.74, 6) is 0.759. The molecular weight excluding hydrogens is 240 g/mol. The van der Waals surface area contributed by atoms with Gasteiger partial charge >= 0.3 is 0 Å². The van der Waals surface area contributed by atoms with Crippen molar-refractivity contribution < 1.29 is 0 Å². The highest BCUT2D eigenvalue weighted by Crippen LogP contribution is 2.32. The van der Waals surface area contributed by atoms with E-state index in [2.05, 4.69) is 34.5 Å². The fourth-order valence-corrected chi connectivity index (χ4v) is 3.53. The van der Waals surface area contributed by atoms with E-state index in [0.717, 1.165) is 24.7 Å². The maximum absolute atomic E-state index is 5.73. The molecule has 0 unspecified atom stereocenters. The Balaban J connectivity index is 1.65. The van der Waals surface area contributed by atoms with Gasteiger partial charge in [-0.05, 0) is 54.5 Å². The average Bonchev–Trinajstić information content (AvgIpc) is 2.94. The van der Waals surface area contributed by atoms with Gasteiger partial charge in [-0.15, -0.1) is 11.3 Å². The number of thiophene rings is 1. The van der Waals surface area contributed by atoms with Crippen LogP contribution in [-0.2, 0) is 0 Å². The molecule has 2 heterocycles. The van der Waals surface area contributed by atoms with Crippen molar-refractivity contribution in [3.63, 3.8) is 0 Å². The minimum Gasteiger partial charge on any atom is -0.399 e. The lowest BCUT2D eigenvalue weighted by molar-refractivity contribution is 0.511. The van der Waals surface area contributed by atoms with E-state index in [4.69, 9.17) is 5.73 Å². The second kappa shape index (κ2) is 5.02. The topological polar surface area (TPSA) is 29.3 Å². The summed E-state index contributed by atoms with van der Waals surface area (Å²) >= 11 is 1.89. The highest BCUT2D eigenvalue weighted by Gasteiger charge is 2.21. The van der Waals surface area contributed by atoms with Crippen LogP contribution in [0.25, 0.3) is 0 Å². The van der Waals surface area contributed by atoms with Crippen LogP contribution in [0.5, 0.6) is 0 Å². The molecule has 3 rings (SSSR count). The molecule has 94 valence electrons. The first kappa shape index (κ1) is 11.6. The van der Waals surface area contributed by atoms with Gasteiger partial charge < -0.3 is 10.6 Å². The van der Waals surface area contributed by atoms with Crippen molar-refractivity contribution >= 4 is 22.7 Å². The molecule has 0 atom stereocenters. The van der Waals surface area contributed by atoms with Gasteiger partial charge in [0.25, 0.3) is 0 Å². The quantitative estimate of drug-likeness (QED) is 0.832. The van der Waals surface area contributed by atoms with Gasteiger partial charge in [-0.25, -0.2) is 0 Å². The first-order chi connectivity index (χ1) is 8.83. The highest BCUT2D eigenvalue weighted by atomic mass is 32.1. The Kier molecular flexibility index (Phi) is 3.24. The number of benzene rings is 1. The molecule has 1 aliphatic rings. The van der Waals surface area contributed by atoms with E-state index in [1.807, 2.05) is 23.5 Å². The van der Waals surface area contributed by atoms with Gasteiger partial charge in [0.05, 0.1) is 0 Å². The molecule has 0 aliphatic carbocycles. The van der Waals surface area contributed by atoms with E-state index in [9.17, 15) is 0 Å². The van der Waals surface area contributed by atoms with Gasteiger partial charge in [-0.1, -0.05) is 6.07 Å². The van der Waals surface area contributed by atoms with Crippen molar-refractivity contribution in [3.8, 4) is 0 Å². The van der Waals surface area contributed by atoms with E-state index in [1.165, 1.54) is 18.5 Å². The third-order valence-corrected chi connectivity index (χ3v) is 4.73. The van der Waals surface area contributed by atoms with Crippen LogP contribution in [0.1, 0.15) is 23.6 Å². The van der Waals surface area contributed by atoms with E-state index < -0.39 is 0 Å². The standard InChI is InChI=1S/C15H18N2S/c16-13-3-5-14(6-4-13)17-9-7-12(8-10-17)15-2-1-11-18-15/h1-6,11-12H,7-10,16H2. The molecule has 1 aromatic heterocycles. The number of hydrogen-bond acceptors (Lipinski definition) is 3. The number of rotatable bonds is 2. The third-order valence-electron chi connectivity index (χ3n) is 3.70. The fraction of sp³-hybridized carbons (Fsp3) is 0.333. The normalized spacial score (nSPS) is 17.0. The number of hydrogen-bond donors (Lipinski definition) is 1. The predicted octanol–water partition coefficient (Wildman–Crippen LogP) is 3.71. The number of nitrogens with two attached hydrogens (primary N) is 1. The molecular formula is C15H18N2S. The first-order valence-corrected chi connectivity index (χ1v) is 7.35. The fourth-order valence-electron chi connectivity index (χ4n) is 2.63. The van der Waals surface area contributed by atoms with Crippen molar-refractivity contribution in [2.75, 3.05) is 23.7 Å². The molecule has 0 amide bonds. The summed E-state index contributed by atoms with van der Waals surface area (Å²) in [6.45, 7) is 2.29. The van der Waals surface area contributed by atoms with Gasteiger partial charge in [-0.3, -0.25) is 0 Å². The van der Waals surface area contributed by atoms with Crippen LogP contribution >= 0.6 is 11.3 Å². The molecule has 0 bridgehead atoms. The Bertz CT molecular complexity index is 482. The molecule has 0 saturated carbocycles. The molecule has 0 radical (unpaired) electrons. The van der Waals surface area contributed by atoms with Crippen molar-refractivity contribution in [1.82, 2.24) is 0 Å². The van der Waals surface area contributed by atoms with Crippen LogP contribution in [0.4, 0.5) is 11.4 Å². The van der Waals surface area contributed by atoms with Crippen molar-refractivity contribution in [2.24, 2.45) is 0 Å². The SMILES string of the molecule is Nc1ccc(N2CCC(c3cccs3)CC2)cc1. The lowest BCUT2D eigenvalue weighted by Gasteiger charge is -2.33. The summed E-state index contributed by atoms with van der Waals surface area (Å²) in [5.41, 5.74) is 7.87. The minimum atomic E-state index is 0.759. The van der Waals surface area contributed by atoms with Crippen LogP contribution in [0.3, 0.4) is 0 Å². The van der Waals surface area contributed by atoms with Crippen LogP contribution in [-0.4, -0.2) is 13.1 Å². The maximum Gasteiger partial charge on any atom is 0.0367 e. The average molecular weight is 258 g/mol. The van der Waals surface area contributed by atoms with Crippen molar-refractivity contribution in [2.45, 2.75) is 18.8 Å². The summed E-state index contributed by atoms with van der Waals surface area (Å²) in [5, 5.41) is 2.18. The molecule has 18 heavy (non-hydrogen) atoms. The molecule has 2 aromatic rings. The maximum atomic E-state index is 5.73. The molecule has 1 saturated heterocycles. The Morgan fingerprint density at radius 1 is 1.06 bits per heavy atom. The van der Waals surface area contributed by atoms with E-state index in [0.29, 0.717) is 0 Å². The second-order valence-corrected chi connectivity index (χ2v) is 5.85. The molecule has 3 heteroatoms. The molecule has 2 N–H and O–H groups in total. The smallest absolute Gasteiger partial charge is 0.0367 e. The zero-order chi connectivity index (χ0) is 12.4. The Labute approximate surface area is 112 Å². The van der Waals surface area contributed by atoms with Gasteiger partial charge in [0.2, 0.25) is 0 Å². The monoisotopic (exact) mass is 258 g/mol. The van der Waals surface area contributed by atoms with Gasteiger partial charge in [-0.2, -0.15) is 0 Å². The van der Waals surface area contributed by atoms with Gasteiger partial charge in [0, 0.05) is 29.3 Å². The molecule has 2 nitrogen and oxygen atoms in total. The van der Waals surface area contributed by atoms with Crippen LogP contribution < -0.4 is 10.6 Å². The Morgan fingerprint density at radius 3 is 2.39 bits per heavy atom. The zero-order valence-electron chi connectivity index (χ0n) is 10.4. The summed E-state index contributed by atoms with van der Waals surface area (Å²) in [7, 11) is 0. The summed E-state index contributed by atoms with van der Waals surface area (Å²) in [6, 6.07) is 12.7. The van der Waals surface area contributed by atoms with E-state index in [-0.39, 0.29) is 0 Å². The van der Waals surface area contributed by atoms with Gasteiger partial charge in [0.1, 0.15) is 0 Å². The van der Waals surface area contributed by atoms with Crippen molar-refractivity contribution in [1.29, 1.82) is 0 Å². The van der Waals surface area contributed by atoms with E-state index >= 15 is 0 Å². The number of anilines is 2. The number of nitrogen functional groups attached to an aromatic ring is 1. The van der Waals surface area contributed by atoms with Crippen LogP contribution in [0.2, 0.25) is 0 Å². The number of piperidine rings is 1.